The van der Waals surface area contributed by atoms with Crippen LogP contribution in [0.4, 0.5) is 11.4 Å². The third-order valence-corrected chi connectivity index (χ3v) is 9.17. The molecule has 0 saturated carbocycles. The van der Waals surface area contributed by atoms with Crippen LogP contribution in [0.25, 0.3) is 0 Å². The van der Waals surface area contributed by atoms with Crippen LogP contribution in [0.5, 0.6) is 0 Å². The minimum atomic E-state index is -3.97. The summed E-state index contributed by atoms with van der Waals surface area (Å²) in [5, 5.41) is 33.6. The first-order valence-corrected chi connectivity index (χ1v) is 14.2. The zero-order valence-corrected chi connectivity index (χ0v) is 21.8. The second-order valence-corrected chi connectivity index (χ2v) is 11.9. The summed E-state index contributed by atoms with van der Waals surface area (Å²) in [7, 11) is -7.91. The van der Waals surface area contributed by atoms with Gasteiger partial charge >= 0.3 is 0 Å². The number of nitro groups is 2. The maximum absolute atomic E-state index is 13.1. The van der Waals surface area contributed by atoms with Crippen molar-refractivity contribution < 1.29 is 26.7 Å². The monoisotopic (exact) mass is 572 g/mol. The highest BCUT2D eigenvalue weighted by molar-refractivity contribution is 7.89. The Bertz CT molecular complexity index is 1200. The van der Waals surface area contributed by atoms with Gasteiger partial charge in [0.15, 0.2) is 0 Å². The second kappa shape index (κ2) is 13.1. The zero-order chi connectivity index (χ0) is 27.8. The molecule has 4 N–H and O–H groups in total. The lowest BCUT2D eigenvalue weighted by molar-refractivity contribution is -0.385. The van der Waals surface area contributed by atoms with Gasteiger partial charge in [0.05, 0.1) is 39.6 Å². The van der Waals surface area contributed by atoms with E-state index in [1.807, 2.05) is 0 Å². The Balaban J connectivity index is 1.64. The fraction of sp³-hybridized carbons (Fsp3) is 0.400. The first-order chi connectivity index (χ1) is 18.0. The highest BCUT2D eigenvalue weighted by Crippen LogP contribution is 2.20. The first-order valence-electron chi connectivity index (χ1n) is 11.4. The van der Waals surface area contributed by atoms with Gasteiger partial charge in [0.2, 0.25) is 20.0 Å². The molecule has 0 unspecified atom stereocenters. The van der Waals surface area contributed by atoms with Gasteiger partial charge in [0, 0.05) is 57.1 Å². The van der Waals surface area contributed by atoms with E-state index in [-0.39, 0.29) is 60.9 Å². The van der Waals surface area contributed by atoms with Crippen molar-refractivity contribution in [3.8, 4) is 0 Å². The first kappa shape index (κ1) is 29.5. The molecule has 0 aromatic heterocycles. The summed E-state index contributed by atoms with van der Waals surface area (Å²) in [4.78, 5) is 20.3. The average molecular weight is 573 g/mol. The van der Waals surface area contributed by atoms with Crippen molar-refractivity contribution in [2.45, 2.75) is 9.79 Å². The normalized spacial score (nSPS) is 17.9. The summed E-state index contributed by atoms with van der Waals surface area (Å²) in [5.74, 6) is 0. The summed E-state index contributed by atoms with van der Waals surface area (Å²) in [5.41, 5.74) is -0.437. The van der Waals surface area contributed by atoms with Crippen molar-refractivity contribution in [1.29, 1.82) is 0 Å². The Kier molecular flexibility index (Phi) is 10.2. The topological polar surface area (TPSA) is 209 Å². The molecule has 0 aliphatic carbocycles. The van der Waals surface area contributed by atoms with Crippen LogP contribution in [0, 0.1) is 20.2 Å². The van der Waals surface area contributed by atoms with E-state index in [0.29, 0.717) is 13.1 Å². The molecule has 1 aliphatic heterocycles. The van der Waals surface area contributed by atoms with E-state index in [1.165, 1.54) is 28.6 Å². The Hall–Kier alpha value is -3.10. The molecule has 2 aromatic rings. The smallest absolute Gasteiger partial charge is 0.269 e. The maximum atomic E-state index is 13.1. The molecular formula is C20H28N8O8S2. The molecule has 38 heavy (non-hydrogen) atoms. The van der Waals surface area contributed by atoms with Gasteiger partial charge in [0.25, 0.3) is 11.4 Å². The number of benzene rings is 2. The minimum Gasteiger partial charge on any atom is -0.303 e. The van der Waals surface area contributed by atoms with Gasteiger partial charge in [-0.15, -0.1) is 0 Å². The van der Waals surface area contributed by atoms with E-state index in [2.05, 4.69) is 21.3 Å². The quantitative estimate of drug-likeness (QED) is 0.252. The van der Waals surface area contributed by atoms with Gasteiger partial charge in [-0.05, 0) is 24.3 Å². The molecule has 208 valence electrons. The molecule has 1 saturated heterocycles. The van der Waals surface area contributed by atoms with Crippen LogP contribution in [-0.4, -0.2) is 88.1 Å². The molecular weight excluding hydrogens is 544 g/mol. The highest BCUT2D eigenvalue weighted by Gasteiger charge is 2.26. The minimum absolute atomic E-state index is 0.0408. The fourth-order valence-electron chi connectivity index (χ4n) is 3.43. The van der Waals surface area contributed by atoms with Crippen molar-refractivity contribution in [3.05, 3.63) is 68.8 Å². The number of hydrogen-bond donors (Lipinski definition) is 4. The molecule has 2 aromatic carbocycles. The third-order valence-electron chi connectivity index (χ3n) is 5.50. The molecule has 1 aliphatic rings. The molecule has 1 heterocycles. The van der Waals surface area contributed by atoms with Crippen LogP contribution in [0.2, 0.25) is 0 Å². The summed E-state index contributed by atoms with van der Waals surface area (Å²) < 4.78 is 54.7. The van der Waals surface area contributed by atoms with Crippen molar-refractivity contribution in [2.75, 3.05) is 52.9 Å². The number of non-ortho nitro benzene ring substituents is 2. The van der Waals surface area contributed by atoms with Gasteiger partial charge in [-0.2, -0.15) is 8.61 Å². The van der Waals surface area contributed by atoms with Crippen LogP contribution in [0.15, 0.2) is 58.3 Å². The Morgan fingerprint density at radius 2 is 1.03 bits per heavy atom. The summed E-state index contributed by atoms with van der Waals surface area (Å²) in [6.07, 6.45) is 0. The van der Waals surface area contributed by atoms with Crippen LogP contribution in [-0.2, 0) is 20.0 Å². The summed E-state index contributed by atoms with van der Waals surface area (Å²) in [6, 6.07) is 9.25. The Morgan fingerprint density at radius 3 is 1.50 bits per heavy atom. The van der Waals surface area contributed by atoms with E-state index in [0.717, 1.165) is 28.6 Å². The number of rotatable bonds is 6. The lowest BCUT2D eigenvalue weighted by Gasteiger charge is -2.26. The standard InChI is InChI=1S/C20H28N8O8S2/c29-27(30)17-1-5-19(6-2-17)37(33,34)25-12-11-21-13-24-16-26(15-23-10-9-22-14-25)38(35,36)20-7-3-18(4-8-20)28(31)32/h1-8,21-24H,9-16H2. The van der Waals surface area contributed by atoms with Crippen LogP contribution in [0.3, 0.4) is 0 Å². The third kappa shape index (κ3) is 7.48. The second-order valence-electron chi connectivity index (χ2n) is 8.04. The van der Waals surface area contributed by atoms with Crippen molar-refractivity contribution in [3.63, 3.8) is 0 Å². The van der Waals surface area contributed by atoms with E-state index >= 15 is 0 Å². The zero-order valence-electron chi connectivity index (χ0n) is 20.1. The molecule has 0 radical (unpaired) electrons. The highest BCUT2D eigenvalue weighted by atomic mass is 32.2. The number of nitrogens with one attached hydrogen (secondary N) is 4. The van der Waals surface area contributed by atoms with Crippen LogP contribution < -0.4 is 21.3 Å². The number of nitro benzene ring substituents is 2. The van der Waals surface area contributed by atoms with Crippen molar-refractivity contribution in [2.24, 2.45) is 0 Å². The molecule has 3 rings (SSSR count). The SMILES string of the molecule is O=[N+]([O-])c1ccc(S(=O)(=O)N2CCNCNCN(S(=O)(=O)c3ccc([N+](=O)[O-])cc3)CNCCNC2)cc1. The molecule has 1 fully saturated rings. The van der Waals surface area contributed by atoms with Gasteiger partial charge in [-0.1, -0.05) is 0 Å². The predicted molar refractivity (Wildman–Crippen MR) is 136 cm³/mol. The predicted octanol–water partition coefficient (Wildman–Crippen LogP) is -0.613. The lowest BCUT2D eigenvalue weighted by Crippen LogP contribution is -2.49. The average Bonchev–Trinajstić information content (AvgIpc) is 2.89. The van der Waals surface area contributed by atoms with E-state index in [9.17, 15) is 37.1 Å². The molecule has 18 heteroatoms. The van der Waals surface area contributed by atoms with Crippen molar-refractivity contribution in [1.82, 2.24) is 29.9 Å². The molecule has 0 spiro atoms. The lowest BCUT2D eigenvalue weighted by atomic mass is 10.3. The van der Waals surface area contributed by atoms with Gasteiger partial charge in [0.1, 0.15) is 0 Å². The molecule has 16 nitrogen and oxygen atoms in total. The molecule has 0 amide bonds. The van der Waals surface area contributed by atoms with Crippen LogP contribution in [0.1, 0.15) is 0 Å². The largest absolute Gasteiger partial charge is 0.303 e. The number of sulfonamides is 2. The Labute approximate surface area is 219 Å². The fourth-order valence-corrected chi connectivity index (χ4v) is 6.11. The van der Waals surface area contributed by atoms with Gasteiger partial charge < -0.3 is 16.0 Å². The summed E-state index contributed by atoms with van der Waals surface area (Å²) >= 11 is 0. The van der Waals surface area contributed by atoms with E-state index in [4.69, 9.17) is 0 Å². The number of nitrogens with zero attached hydrogens (tertiary/aromatic N) is 4. The van der Waals surface area contributed by atoms with Crippen molar-refractivity contribution >= 4 is 31.4 Å². The molecule has 0 atom stereocenters. The van der Waals surface area contributed by atoms with E-state index < -0.39 is 29.9 Å². The Morgan fingerprint density at radius 1 is 0.605 bits per heavy atom. The summed E-state index contributed by atoms with van der Waals surface area (Å²) in [6.45, 7) is 0.872. The van der Waals surface area contributed by atoms with Gasteiger partial charge in [-0.25, -0.2) is 16.8 Å². The number of hydrogen-bond acceptors (Lipinski definition) is 12. The van der Waals surface area contributed by atoms with E-state index in [1.54, 1.807) is 0 Å². The molecule has 0 bridgehead atoms. The van der Waals surface area contributed by atoms with Gasteiger partial charge in [-0.3, -0.25) is 25.5 Å². The van der Waals surface area contributed by atoms with Crippen LogP contribution >= 0.6 is 0 Å². The maximum Gasteiger partial charge on any atom is 0.269 e.